The molecular formula is C119H156N18O8. The van der Waals surface area contributed by atoms with Gasteiger partial charge in [0, 0.05) is 196 Å². The van der Waals surface area contributed by atoms with Gasteiger partial charge < -0.3 is 72.4 Å². The molecule has 5 aliphatic heterocycles. The van der Waals surface area contributed by atoms with E-state index in [0.717, 1.165) is 159 Å². The molecule has 9 N–H and O–H groups in total. The molecule has 0 saturated heterocycles. The summed E-state index contributed by atoms with van der Waals surface area (Å²) in [5.41, 5.74) is 26.8. The molecule has 145 heavy (non-hydrogen) atoms. The van der Waals surface area contributed by atoms with Crippen LogP contribution in [0.1, 0.15) is 256 Å². The molecule has 26 heteroatoms. The van der Waals surface area contributed by atoms with Gasteiger partial charge in [0.2, 0.25) is 41.4 Å². The van der Waals surface area contributed by atoms with Gasteiger partial charge in [-0.1, -0.05) is 190 Å². The van der Waals surface area contributed by atoms with E-state index in [4.69, 9.17) is 0 Å². The molecule has 16 rings (SSSR count). The minimum absolute atomic E-state index is 0.0139. The summed E-state index contributed by atoms with van der Waals surface area (Å²) in [6.45, 7) is 45.8. The smallest absolute Gasteiger partial charge is 0.224 e. The highest BCUT2D eigenvalue weighted by Crippen LogP contribution is 2.47. The molecule has 0 fully saturated rings. The third-order valence-corrected chi connectivity index (χ3v) is 27.7. The predicted octanol–water partition coefficient (Wildman–Crippen LogP) is 20.8. The van der Waals surface area contributed by atoms with Crippen LogP contribution in [0.3, 0.4) is 0 Å². The molecule has 0 saturated carbocycles. The number of rotatable bonds is 27. The van der Waals surface area contributed by atoms with Crippen molar-refractivity contribution in [2.75, 3.05) is 71.1 Å². The number of hydrogen-bond acceptors (Lipinski definition) is 17. The topological polar surface area (TPSA) is 297 Å². The second-order valence-corrected chi connectivity index (χ2v) is 41.2. The fourth-order valence-electron chi connectivity index (χ4n) is 20.6. The lowest BCUT2D eigenvalue weighted by molar-refractivity contribution is -0.125. The molecule has 5 aliphatic rings. The highest BCUT2D eigenvalue weighted by atomic mass is 16.2. The fourth-order valence-corrected chi connectivity index (χ4v) is 20.6. The van der Waals surface area contributed by atoms with E-state index in [1.165, 1.54) is 38.9 Å². The Bertz CT molecular complexity index is 6280. The van der Waals surface area contributed by atoms with E-state index in [9.17, 15) is 38.4 Å². The van der Waals surface area contributed by atoms with Crippen LogP contribution in [0.15, 0.2) is 213 Å². The van der Waals surface area contributed by atoms with Gasteiger partial charge in [-0.2, -0.15) is 10.2 Å². The van der Waals surface area contributed by atoms with Gasteiger partial charge in [0.1, 0.15) is 0 Å². The molecule has 7 amide bonds. The Hall–Kier alpha value is -13.1. The number of aromatic nitrogens is 4. The SMILES string of the molecule is CC(=O)N1c2ccc(-c3ccc(C(=O)C(C)C)cc3)cc2[C@H](Nc2ccc(C)cc2)C[C@@H]1C.CNCCn1cc(-c2ccc3c(c2)[C@H](NC(=O)C(C)C)C[C@H](C)N3C(C)=O)cn1.CNCCn1cc(-c2ccc3c(c2)[C@H](NC(C)C)C[C@H](C)N3C(C)=O)cn1.CNCc1ccc(-c2ccc3c(c2)[C@H](NC(=O)C(C)C)C[C@H](C)N3C(C)=O)cc1.CNCc1ccc(-c2ccc3c(c2)[C@H](NC(C)C)C[C@H](C)N3C(C)=O)cc1. The van der Waals surface area contributed by atoms with Crippen LogP contribution in [0, 0.1) is 24.7 Å². The van der Waals surface area contributed by atoms with Crippen molar-refractivity contribution in [2.45, 2.75) is 276 Å². The van der Waals surface area contributed by atoms with Crippen molar-refractivity contribution in [2.24, 2.45) is 17.8 Å². The molecular weight excluding hydrogens is 1810 g/mol. The average molecular weight is 1970 g/mol. The molecule has 770 valence electrons. The number of carbonyl (C=O) groups excluding carboxylic acids is 8. The molecule has 7 heterocycles. The lowest BCUT2D eigenvalue weighted by atomic mass is 9.88. The summed E-state index contributed by atoms with van der Waals surface area (Å²) in [4.78, 5) is 108. The summed E-state index contributed by atoms with van der Waals surface area (Å²) < 4.78 is 3.87. The van der Waals surface area contributed by atoms with Crippen molar-refractivity contribution in [1.82, 2.24) is 62.1 Å². The third kappa shape index (κ3) is 27.8. The number of fused-ring (bicyclic) bond motifs is 5. The van der Waals surface area contributed by atoms with E-state index in [1.54, 1.807) is 34.6 Å². The third-order valence-electron chi connectivity index (χ3n) is 27.7. The van der Waals surface area contributed by atoms with Crippen LogP contribution in [-0.4, -0.2) is 150 Å². The highest BCUT2D eigenvalue weighted by molar-refractivity contribution is 6.00. The van der Waals surface area contributed by atoms with Gasteiger partial charge >= 0.3 is 0 Å². The van der Waals surface area contributed by atoms with Gasteiger partial charge in [-0.3, -0.25) is 47.7 Å². The van der Waals surface area contributed by atoms with Crippen LogP contribution < -0.4 is 72.4 Å². The standard InChI is InChI=1S/C29H32N2O2.C24H31N3O2.C23H31N3O.C22H31N5O2.C21H31N5O/c1-18(2)29(33)23-10-8-22(9-11-23)24-12-15-28-26(17-24)27(16-20(4)31(28)21(5)32)30-25-13-6-19(3)7-14-25;1-15(2)24(29)26-22-12-16(3)27(17(4)28)23-11-10-20(13-21(22)23)19-8-6-18(7-9-19)14-25-5;1-15(2)25-22-12-16(3)26(17(4)27)23-11-10-20(13-21(22)23)19-8-6-18(7-9-19)14-24-5;1-14(2)22(29)25-20-10-15(3)27(16(4)28)21-7-6-17(11-19(20)21)18-12-24-26(13-18)9-8-23-5;1-14(2)24-20-10-15(3)26(16(4)27)21-7-6-17(11-19(20)21)18-12-23-25(13-18)9-8-22-5/h6-15,17-18,20,27,30H,16H2,1-5H3;6-11,13,15-16,22,25H,12,14H2,1-5H3,(H,26,29);6-11,13,15-16,22,24-25H,12,14H2,1-5H3;6-7,11-15,20,23H,8-10H2,1-5H3,(H,25,29);6-7,11-15,20,22,24H,8-10H2,1-5H3/t20-,27+;2*16-,22+;2*15-,20+/m00000/s1. The molecule has 0 unspecified atom stereocenters. The van der Waals surface area contributed by atoms with Crippen LogP contribution in [0.25, 0.3) is 55.6 Å². The van der Waals surface area contributed by atoms with Gasteiger partial charge in [0.15, 0.2) is 5.78 Å². The van der Waals surface area contributed by atoms with Crippen LogP contribution in [0.2, 0.25) is 0 Å². The molecule has 11 aromatic rings. The quantitative estimate of drug-likeness (QED) is 0.0216. The molecule has 0 radical (unpaired) electrons. The monoisotopic (exact) mass is 1970 g/mol. The molecule has 0 bridgehead atoms. The number of nitrogens with one attached hydrogen (secondary N) is 9. The first-order valence-electron chi connectivity index (χ1n) is 51.8. The van der Waals surface area contributed by atoms with Gasteiger partial charge in [0.25, 0.3) is 0 Å². The molecule has 0 spiro atoms. The lowest BCUT2D eigenvalue weighted by Gasteiger charge is -2.40. The summed E-state index contributed by atoms with van der Waals surface area (Å²) in [5, 5.41) is 38.9. The summed E-state index contributed by atoms with van der Waals surface area (Å²) >= 11 is 0. The molecule has 10 atom stereocenters. The second kappa shape index (κ2) is 50.6. The number of anilines is 6. The minimum Gasteiger partial charge on any atom is -0.378 e. The zero-order valence-electron chi connectivity index (χ0n) is 89.9. The lowest BCUT2D eigenvalue weighted by Crippen LogP contribution is -2.46. The van der Waals surface area contributed by atoms with Crippen LogP contribution >= 0.6 is 0 Å². The van der Waals surface area contributed by atoms with Crippen LogP contribution in [0.4, 0.5) is 34.1 Å². The summed E-state index contributed by atoms with van der Waals surface area (Å²) in [7, 11) is 7.75. The first kappa shape index (κ1) is 111. The number of benzene rings is 9. The molecule has 2 aromatic heterocycles. The maximum absolute atomic E-state index is 12.5. The Kier molecular flexibility index (Phi) is 38.7. The molecule has 26 nitrogen and oxygen atoms in total. The van der Waals surface area contributed by atoms with Crippen LogP contribution in [-0.2, 0) is 59.7 Å². The summed E-state index contributed by atoms with van der Waals surface area (Å²) in [6, 6.07) is 66.5. The van der Waals surface area contributed by atoms with E-state index in [1.807, 2.05) is 178 Å². The van der Waals surface area contributed by atoms with Crippen molar-refractivity contribution < 1.29 is 38.4 Å². The van der Waals surface area contributed by atoms with Crippen molar-refractivity contribution in [3.8, 4) is 55.6 Å². The number of Topliss-reactive ketones (excluding diaryl/α,β-unsaturated/α-hetero) is 1. The fraction of sp³-hybridized carbons (Fsp3) is 0.429. The highest BCUT2D eigenvalue weighted by Gasteiger charge is 2.40. The Morgan fingerprint density at radius 1 is 0.324 bits per heavy atom. The van der Waals surface area contributed by atoms with E-state index >= 15 is 0 Å². The van der Waals surface area contributed by atoms with Crippen molar-refractivity contribution in [1.29, 1.82) is 0 Å². The minimum atomic E-state index is -0.121. The number of likely N-dealkylation sites (N-methyl/N-ethyl adjacent to an activating group) is 2. The predicted molar refractivity (Wildman–Crippen MR) is 591 cm³/mol. The van der Waals surface area contributed by atoms with E-state index < -0.39 is 0 Å². The zero-order valence-corrected chi connectivity index (χ0v) is 89.9. The van der Waals surface area contributed by atoms with Gasteiger partial charge in [-0.25, -0.2) is 0 Å². The number of ketones is 1. The summed E-state index contributed by atoms with van der Waals surface area (Å²) in [5.74, 6) is 0.318. The number of amides is 7. The zero-order chi connectivity index (χ0) is 105. The Balaban J connectivity index is 0.000000162. The van der Waals surface area contributed by atoms with Gasteiger partial charge in [-0.15, -0.1) is 0 Å². The van der Waals surface area contributed by atoms with Crippen molar-refractivity contribution >= 4 is 81.3 Å². The van der Waals surface area contributed by atoms with Gasteiger partial charge in [0.05, 0.1) is 43.6 Å². The van der Waals surface area contributed by atoms with Gasteiger partial charge in [-0.05, 0) is 258 Å². The largest absolute Gasteiger partial charge is 0.378 e. The first-order chi connectivity index (χ1) is 69.2. The number of carbonyl (C=O) groups is 8. The van der Waals surface area contributed by atoms with Crippen molar-refractivity contribution in [3.05, 3.63) is 263 Å². The van der Waals surface area contributed by atoms with Crippen LogP contribution in [0.5, 0.6) is 0 Å². The Morgan fingerprint density at radius 2 is 0.600 bits per heavy atom. The van der Waals surface area contributed by atoms with E-state index in [2.05, 4.69) is 265 Å². The number of aryl methyl sites for hydroxylation is 1. The number of nitrogens with zero attached hydrogens (tertiary/aromatic N) is 9. The van der Waals surface area contributed by atoms with E-state index in [-0.39, 0.29) is 125 Å². The maximum Gasteiger partial charge on any atom is 0.224 e. The normalized spacial score (nSPS) is 18.6. The van der Waals surface area contributed by atoms with E-state index in [0.29, 0.717) is 24.9 Å². The second-order valence-electron chi connectivity index (χ2n) is 41.2. The maximum atomic E-state index is 12.5. The molecule has 9 aromatic carbocycles. The Labute approximate surface area is 860 Å². The number of hydrogen-bond donors (Lipinski definition) is 9. The molecule has 0 aliphatic carbocycles. The average Bonchev–Trinajstić information content (AvgIpc) is 1.54. The Morgan fingerprint density at radius 3 is 0.883 bits per heavy atom. The first-order valence-corrected chi connectivity index (χ1v) is 51.8. The van der Waals surface area contributed by atoms with Crippen molar-refractivity contribution in [3.63, 3.8) is 0 Å². The summed E-state index contributed by atoms with van der Waals surface area (Å²) in [6.07, 6.45) is 11.9.